The van der Waals surface area contributed by atoms with Crippen molar-refractivity contribution < 1.29 is 4.74 Å². The normalized spacial score (nSPS) is 12.6. The van der Waals surface area contributed by atoms with Crippen LogP contribution in [0, 0.1) is 3.57 Å². The van der Waals surface area contributed by atoms with E-state index in [9.17, 15) is 0 Å². The van der Waals surface area contributed by atoms with Gasteiger partial charge in [-0.15, -0.1) is 0 Å². The fraction of sp³-hybridized carbons (Fsp3) is 0.500. The summed E-state index contributed by atoms with van der Waals surface area (Å²) >= 11 is 2.33. The molecule has 0 saturated carbocycles. The minimum atomic E-state index is 0.638. The summed E-state index contributed by atoms with van der Waals surface area (Å²) in [6, 6.07) is 6.47. The Balaban J connectivity index is 2.88. The highest BCUT2D eigenvalue weighted by Gasteiger charge is 2.06. The monoisotopic (exact) mass is 304 g/mol. The van der Waals surface area contributed by atoms with Crippen LogP contribution >= 0.6 is 22.6 Å². The van der Waals surface area contributed by atoms with E-state index in [-0.39, 0.29) is 0 Å². The fourth-order valence-corrected chi connectivity index (χ4v) is 2.03. The average molecular weight is 304 g/mol. The number of benzene rings is 1. The fourth-order valence-electron chi connectivity index (χ4n) is 1.33. The van der Waals surface area contributed by atoms with Gasteiger partial charge in [0.1, 0.15) is 5.75 Å². The molecule has 0 saturated heterocycles. The van der Waals surface area contributed by atoms with E-state index in [4.69, 9.17) is 4.74 Å². The third-order valence-corrected chi connectivity index (χ3v) is 3.28. The van der Waals surface area contributed by atoms with Crippen LogP contribution in [0.1, 0.15) is 38.7 Å². The Labute approximate surface area is 100.0 Å². The lowest BCUT2D eigenvalue weighted by Gasteiger charge is -2.12. The molecule has 1 rings (SSSR count). The van der Waals surface area contributed by atoms with Crippen LogP contribution in [0.4, 0.5) is 0 Å². The van der Waals surface area contributed by atoms with Gasteiger partial charge in [0.05, 0.1) is 10.2 Å². The zero-order valence-corrected chi connectivity index (χ0v) is 11.2. The summed E-state index contributed by atoms with van der Waals surface area (Å²) in [4.78, 5) is 0. The molecule has 0 radical (unpaired) electrons. The van der Waals surface area contributed by atoms with Crippen molar-refractivity contribution in [3.05, 3.63) is 27.3 Å². The summed E-state index contributed by atoms with van der Waals surface area (Å²) in [5.41, 5.74) is 1.40. The highest BCUT2D eigenvalue weighted by molar-refractivity contribution is 14.1. The second kappa shape index (κ2) is 5.59. The van der Waals surface area contributed by atoms with Crippen LogP contribution in [0.15, 0.2) is 18.2 Å². The number of ether oxygens (including phenoxy) is 1. The van der Waals surface area contributed by atoms with E-state index in [0.29, 0.717) is 5.92 Å². The second-order valence-corrected chi connectivity index (χ2v) is 4.59. The van der Waals surface area contributed by atoms with Crippen LogP contribution in [0.2, 0.25) is 0 Å². The molecule has 0 aliphatic rings. The molecule has 1 atom stereocenters. The molecule has 1 aromatic rings. The van der Waals surface area contributed by atoms with Crippen LogP contribution in [0.3, 0.4) is 0 Å². The minimum absolute atomic E-state index is 0.638. The van der Waals surface area contributed by atoms with Crippen molar-refractivity contribution in [2.75, 3.05) is 6.61 Å². The second-order valence-electron chi connectivity index (χ2n) is 3.43. The molecule has 0 N–H and O–H groups in total. The molecule has 1 nitrogen and oxygen atoms in total. The Kier molecular flexibility index (Phi) is 4.72. The molecule has 0 heterocycles. The Bertz CT molecular complexity index is 296. The Morgan fingerprint density at radius 3 is 2.57 bits per heavy atom. The summed E-state index contributed by atoms with van der Waals surface area (Å²) in [6.07, 6.45) is 1.18. The van der Waals surface area contributed by atoms with Gasteiger partial charge in [-0.05, 0) is 59.5 Å². The molecule has 1 aromatic carbocycles. The highest BCUT2D eigenvalue weighted by atomic mass is 127. The zero-order valence-electron chi connectivity index (χ0n) is 9.01. The molecular weight excluding hydrogens is 287 g/mol. The van der Waals surface area contributed by atoms with Crippen molar-refractivity contribution in [2.24, 2.45) is 0 Å². The van der Waals surface area contributed by atoms with E-state index >= 15 is 0 Å². The lowest BCUT2D eigenvalue weighted by Crippen LogP contribution is -1.96. The first-order chi connectivity index (χ1) is 6.69. The van der Waals surface area contributed by atoms with E-state index in [1.165, 1.54) is 15.6 Å². The molecule has 0 fully saturated rings. The van der Waals surface area contributed by atoms with Crippen molar-refractivity contribution in [1.82, 2.24) is 0 Å². The smallest absolute Gasteiger partial charge is 0.132 e. The van der Waals surface area contributed by atoms with E-state index in [1.54, 1.807) is 0 Å². The van der Waals surface area contributed by atoms with Crippen LogP contribution in [0.25, 0.3) is 0 Å². The summed E-state index contributed by atoms with van der Waals surface area (Å²) in [5, 5.41) is 0. The molecule has 0 bridgehead atoms. The Morgan fingerprint density at radius 2 is 2.07 bits per heavy atom. The van der Waals surface area contributed by atoms with Gasteiger partial charge in [0, 0.05) is 0 Å². The van der Waals surface area contributed by atoms with Gasteiger partial charge in [-0.1, -0.05) is 19.9 Å². The lowest BCUT2D eigenvalue weighted by atomic mass is 9.99. The van der Waals surface area contributed by atoms with Gasteiger partial charge in [0.25, 0.3) is 0 Å². The third kappa shape index (κ3) is 2.87. The van der Waals surface area contributed by atoms with Gasteiger partial charge in [-0.25, -0.2) is 0 Å². The van der Waals surface area contributed by atoms with Crippen molar-refractivity contribution in [3.63, 3.8) is 0 Å². The average Bonchev–Trinajstić information content (AvgIpc) is 2.20. The van der Waals surface area contributed by atoms with Crippen LogP contribution < -0.4 is 4.74 Å². The maximum Gasteiger partial charge on any atom is 0.132 e. The first-order valence-electron chi connectivity index (χ1n) is 5.11. The first-order valence-corrected chi connectivity index (χ1v) is 6.19. The number of hydrogen-bond acceptors (Lipinski definition) is 1. The summed E-state index contributed by atoms with van der Waals surface area (Å²) in [6.45, 7) is 7.22. The van der Waals surface area contributed by atoms with E-state index in [2.05, 4.69) is 54.6 Å². The quantitative estimate of drug-likeness (QED) is 0.757. The maximum absolute atomic E-state index is 5.50. The standard InChI is InChI=1S/C12H17IO/c1-4-9(3)10-6-7-12(14-5-2)11(13)8-10/h6-9H,4-5H2,1-3H3. The molecule has 0 aliphatic carbocycles. The van der Waals surface area contributed by atoms with Crippen molar-refractivity contribution in [3.8, 4) is 5.75 Å². The summed E-state index contributed by atoms with van der Waals surface area (Å²) in [7, 11) is 0. The lowest BCUT2D eigenvalue weighted by molar-refractivity contribution is 0.337. The molecule has 0 spiro atoms. The van der Waals surface area contributed by atoms with Gasteiger partial charge in [0.15, 0.2) is 0 Å². The molecular formula is C12H17IO. The van der Waals surface area contributed by atoms with Gasteiger partial charge >= 0.3 is 0 Å². The third-order valence-electron chi connectivity index (χ3n) is 2.44. The molecule has 78 valence electrons. The zero-order chi connectivity index (χ0) is 10.6. The summed E-state index contributed by atoms with van der Waals surface area (Å²) in [5.74, 6) is 1.64. The number of hydrogen-bond donors (Lipinski definition) is 0. The Morgan fingerprint density at radius 1 is 1.36 bits per heavy atom. The van der Waals surface area contributed by atoms with Gasteiger partial charge in [0.2, 0.25) is 0 Å². The van der Waals surface area contributed by atoms with Gasteiger partial charge in [-0.3, -0.25) is 0 Å². The van der Waals surface area contributed by atoms with Crippen molar-refractivity contribution in [2.45, 2.75) is 33.1 Å². The SMILES string of the molecule is CCOc1ccc(C(C)CC)cc1I. The maximum atomic E-state index is 5.50. The van der Waals surface area contributed by atoms with Crippen LogP contribution in [-0.4, -0.2) is 6.61 Å². The minimum Gasteiger partial charge on any atom is -0.493 e. The molecule has 2 heteroatoms. The molecule has 0 aromatic heterocycles. The van der Waals surface area contributed by atoms with E-state index in [0.717, 1.165) is 12.4 Å². The largest absolute Gasteiger partial charge is 0.493 e. The summed E-state index contributed by atoms with van der Waals surface area (Å²) < 4.78 is 6.71. The molecule has 14 heavy (non-hydrogen) atoms. The van der Waals surface area contributed by atoms with Crippen molar-refractivity contribution >= 4 is 22.6 Å². The Hall–Kier alpha value is -0.250. The van der Waals surface area contributed by atoms with Crippen molar-refractivity contribution in [1.29, 1.82) is 0 Å². The van der Waals surface area contributed by atoms with E-state index in [1.807, 2.05) is 6.92 Å². The number of halogens is 1. The highest BCUT2D eigenvalue weighted by Crippen LogP contribution is 2.27. The number of rotatable bonds is 4. The molecule has 1 unspecified atom stereocenters. The van der Waals surface area contributed by atoms with Crippen LogP contribution in [-0.2, 0) is 0 Å². The molecule has 0 aliphatic heterocycles. The predicted octanol–water partition coefficient (Wildman–Crippen LogP) is 4.20. The van der Waals surface area contributed by atoms with Gasteiger partial charge < -0.3 is 4.74 Å². The van der Waals surface area contributed by atoms with Gasteiger partial charge in [-0.2, -0.15) is 0 Å². The topological polar surface area (TPSA) is 9.23 Å². The van der Waals surface area contributed by atoms with Crippen LogP contribution in [0.5, 0.6) is 5.75 Å². The predicted molar refractivity (Wildman–Crippen MR) is 69.0 cm³/mol. The molecule has 0 amide bonds. The first kappa shape index (κ1) is 11.8. The van der Waals surface area contributed by atoms with E-state index < -0.39 is 0 Å².